The summed E-state index contributed by atoms with van der Waals surface area (Å²) in [5.41, 5.74) is 7.18. The van der Waals surface area contributed by atoms with Crippen LogP contribution in [0.2, 0.25) is 0 Å². The molecule has 3 nitrogen and oxygen atoms in total. The molecule has 0 unspecified atom stereocenters. The SMILES string of the molecule is Nc1ccc(CCC(=O)O)cc1.[CaH2]. The average Bonchev–Trinajstić information content (AvgIpc) is 2.03. The molecule has 0 aliphatic heterocycles. The van der Waals surface area contributed by atoms with Crippen molar-refractivity contribution < 1.29 is 9.90 Å². The molecule has 1 aromatic rings. The van der Waals surface area contributed by atoms with Gasteiger partial charge in [-0.15, -0.1) is 0 Å². The molecule has 0 radical (unpaired) electrons. The van der Waals surface area contributed by atoms with E-state index in [1.54, 1.807) is 12.1 Å². The molecule has 0 fully saturated rings. The van der Waals surface area contributed by atoms with Crippen LogP contribution in [-0.2, 0) is 11.2 Å². The fraction of sp³-hybridized carbons (Fsp3) is 0.222. The van der Waals surface area contributed by atoms with Crippen molar-refractivity contribution >= 4 is 49.4 Å². The number of nitrogens with two attached hydrogens (primary N) is 1. The van der Waals surface area contributed by atoms with Gasteiger partial charge in [-0.05, 0) is 24.1 Å². The second-order valence-corrected chi connectivity index (χ2v) is 2.64. The first-order valence-corrected chi connectivity index (χ1v) is 3.74. The van der Waals surface area contributed by atoms with Crippen molar-refractivity contribution in [3.05, 3.63) is 29.8 Å². The van der Waals surface area contributed by atoms with Gasteiger partial charge in [-0.3, -0.25) is 4.79 Å². The first kappa shape index (κ1) is 12.7. The van der Waals surface area contributed by atoms with Crippen molar-refractivity contribution in [2.45, 2.75) is 12.8 Å². The molecule has 0 amide bonds. The van der Waals surface area contributed by atoms with Gasteiger partial charge in [-0.25, -0.2) is 0 Å². The van der Waals surface area contributed by atoms with Crippen LogP contribution in [0.15, 0.2) is 24.3 Å². The average molecular weight is 207 g/mol. The minimum atomic E-state index is -0.771. The fourth-order valence-corrected chi connectivity index (χ4v) is 0.936. The van der Waals surface area contributed by atoms with E-state index >= 15 is 0 Å². The van der Waals surface area contributed by atoms with Crippen molar-refractivity contribution in [3.8, 4) is 0 Å². The zero-order valence-electron chi connectivity index (χ0n) is 6.66. The molecule has 0 bridgehead atoms. The number of carbonyl (C=O) groups is 1. The normalized spacial score (nSPS) is 8.92. The van der Waals surface area contributed by atoms with E-state index < -0.39 is 5.97 Å². The van der Waals surface area contributed by atoms with Crippen molar-refractivity contribution in [2.24, 2.45) is 0 Å². The van der Waals surface area contributed by atoms with E-state index in [4.69, 9.17) is 10.8 Å². The van der Waals surface area contributed by atoms with Crippen molar-refractivity contribution in [3.63, 3.8) is 0 Å². The first-order valence-electron chi connectivity index (χ1n) is 3.74. The molecule has 0 atom stereocenters. The van der Waals surface area contributed by atoms with Gasteiger partial charge in [-0.2, -0.15) is 0 Å². The fourth-order valence-electron chi connectivity index (χ4n) is 0.936. The molecule has 0 saturated heterocycles. The molecule has 0 aliphatic carbocycles. The van der Waals surface area contributed by atoms with Crippen LogP contribution >= 0.6 is 0 Å². The van der Waals surface area contributed by atoms with Crippen LogP contribution in [0.25, 0.3) is 0 Å². The summed E-state index contributed by atoms with van der Waals surface area (Å²) in [5.74, 6) is -0.771. The summed E-state index contributed by atoms with van der Waals surface area (Å²) >= 11 is 0. The predicted molar refractivity (Wildman–Crippen MR) is 55.4 cm³/mol. The number of carboxylic acids is 1. The number of hydrogen-bond acceptors (Lipinski definition) is 2. The zero-order chi connectivity index (χ0) is 8.97. The summed E-state index contributed by atoms with van der Waals surface area (Å²) in [4.78, 5) is 10.2. The summed E-state index contributed by atoms with van der Waals surface area (Å²) < 4.78 is 0. The van der Waals surface area contributed by atoms with Gasteiger partial charge in [0.05, 0.1) is 0 Å². The van der Waals surface area contributed by atoms with Gasteiger partial charge in [0.1, 0.15) is 0 Å². The van der Waals surface area contributed by atoms with Gasteiger partial charge in [0.15, 0.2) is 0 Å². The van der Waals surface area contributed by atoms with Crippen molar-refractivity contribution in [1.29, 1.82) is 0 Å². The third-order valence-corrected chi connectivity index (χ3v) is 1.61. The molecule has 1 aromatic carbocycles. The summed E-state index contributed by atoms with van der Waals surface area (Å²) in [6, 6.07) is 7.24. The molecular formula is C9H13CaNO2. The van der Waals surface area contributed by atoms with Crippen LogP contribution in [0.4, 0.5) is 5.69 Å². The Morgan fingerprint density at radius 1 is 1.31 bits per heavy atom. The van der Waals surface area contributed by atoms with Gasteiger partial charge in [0.2, 0.25) is 0 Å². The number of hydrogen-bond donors (Lipinski definition) is 2. The molecule has 0 aromatic heterocycles. The van der Waals surface area contributed by atoms with E-state index in [1.165, 1.54) is 0 Å². The third-order valence-electron chi connectivity index (χ3n) is 1.61. The van der Waals surface area contributed by atoms with Crippen LogP contribution in [0.3, 0.4) is 0 Å². The number of benzene rings is 1. The Morgan fingerprint density at radius 3 is 2.31 bits per heavy atom. The standard InChI is InChI=1S/C9H11NO2.Ca.2H/c10-8-4-1-7(2-5-8)3-6-9(11)12;;;/h1-2,4-5H,3,6,10H2,(H,11,12);;;. The second kappa shape index (κ2) is 6.24. The van der Waals surface area contributed by atoms with E-state index in [-0.39, 0.29) is 44.2 Å². The Hall–Kier alpha value is -0.250. The van der Waals surface area contributed by atoms with E-state index in [2.05, 4.69) is 0 Å². The van der Waals surface area contributed by atoms with Crippen LogP contribution < -0.4 is 5.73 Å². The monoisotopic (exact) mass is 207 g/mol. The van der Waals surface area contributed by atoms with Gasteiger partial charge in [-0.1, -0.05) is 12.1 Å². The summed E-state index contributed by atoms with van der Waals surface area (Å²) in [5, 5.41) is 8.40. The van der Waals surface area contributed by atoms with Crippen LogP contribution in [-0.4, -0.2) is 48.8 Å². The molecule has 1 rings (SSSR count). The van der Waals surface area contributed by atoms with Gasteiger partial charge in [0.25, 0.3) is 0 Å². The van der Waals surface area contributed by atoms with Crippen LogP contribution in [0, 0.1) is 0 Å². The number of rotatable bonds is 3. The number of aliphatic carboxylic acids is 1. The summed E-state index contributed by atoms with van der Waals surface area (Å²) in [6.07, 6.45) is 0.736. The number of carboxylic acid groups (broad SMARTS) is 1. The molecule has 13 heavy (non-hydrogen) atoms. The van der Waals surface area contributed by atoms with E-state index in [1.807, 2.05) is 12.1 Å². The van der Waals surface area contributed by atoms with Gasteiger partial charge in [0, 0.05) is 12.1 Å². The summed E-state index contributed by atoms with van der Waals surface area (Å²) in [7, 11) is 0. The van der Waals surface area contributed by atoms with Crippen LogP contribution in [0.5, 0.6) is 0 Å². The van der Waals surface area contributed by atoms with Crippen LogP contribution in [0.1, 0.15) is 12.0 Å². The number of anilines is 1. The molecular weight excluding hydrogens is 194 g/mol. The Morgan fingerprint density at radius 2 is 1.85 bits per heavy atom. The molecule has 68 valence electrons. The quantitative estimate of drug-likeness (QED) is 0.556. The van der Waals surface area contributed by atoms with E-state index in [9.17, 15) is 4.79 Å². The van der Waals surface area contributed by atoms with E-state index in [0.29, 0.717) is 12.1 Å². The molecule has 4 heteroatoms. The topological polar surface area (TPSA) is 63.3 Å². The van der Waals surface area contributed by atoms with E-state index in [0.717, 1.165) is 5.56 Å². The zero-order valence-corrected chi connectivity index (χ0v) is 6.66. The number of aryl methyl sites for hydroxylation is 1. The molecule has 0 saturated carbocycles. The predicted octanol–water partition coefficient (Wildman–Crippen LogP) is 0.370. The first-order chi connectivity index (χ1) is 5.68. The maximum absolute atomic E-state index is 10.2. The summed E-state index contributed by atoms with van der Waals surface area (Å²) in [6.45, 7) is 0. The Kier molecular flexibility index (Phi) is 6.12. The Labute approximate surface area is 107 Å². The maximum atomic E-state index is 10.2. The van der Waals surface area contributed by atoms with Gasteiger partial charge < -0.3 is 10.8 Å². The Bertz CT molecular complexity index is 271. The van der Waals surface area contributed by atoms with Crippen molar-refractivity contribution in [1.82, 2.24) is 0 Å². The van der Waals surface area contributed by atoms with Crippen molar-refractivity contribution in [2.75, 3.05) is 5.73 Å². The third kappa shape index (κ3) is 5.13. The molecule has 0 spiro atoms. The molecule has 0 heterocycles. The second-order valence-electron chi connectivity index (χ2n) is 2.64. The minimum absolute atomic E-state index is 0. The molecule has 0 aliphatic rings. The van der Waals surface area contributed by atoms with Gasteiger partial charge >= 0.3 is 43.7 Å². The number of nitrogen functional groups attached to an aromatic ring is 1. The Balaban J connectivity index is 0.00000144. The molecule has 3 N–H and O–H groups in total.